The second-order valence-electron chi connectivity index (χ2n) is 13.3. The highest BCUT2D eigenvalue weighted by molar-refractivity contribution is 7.99. The lowest BCUT2D eigenvalue weighted by Crippen LogP contribution is -2.36. The Hall–Kier alpha value is -5.57. The third-order valence-electron chi connectivity index (χ3n) is 10.5. The number of hydrogen-bond acceptors (Lipinski definition) is 2. The van der Waals surface area contributed by atoms with Crippen molar-refractivity contribution in [3.63, 3.8) is 0 Å². The van der Waals surface area contributed by atoms with Crippen LogP contribution in [0.3, 0.4) is 0 Å². The Morgan fingerprint density at radius 2 is 0.939 bits per heavy atom. The fraction of sp³-hybridized carbons (Fsp3) is 0.0638. The van der Waals surface area contributed by atoms with Crippen LogP contribution in [0.4, 0.5) is 0 Å². The largest absolute Gasteiger partial charge is 0.456 e. The predicted molar refractivity (Wildman–Crippen MR) is 206 cm³/mol. The lowest BCUT2D eigenvalue weighted by Gasteiger charge is -2.43. The molecule has 0 radical (unpaired) electrons. The van der Waals surface area contributed by atoms with Gasteiger partial charge in [-0.1, -0.05) is 151 Å². The Bertz CT molecular complexity index is 2600. The molecule has 10 rings (SSSR count). The monoisotopic (exact) mass is 644 g/mol. The van der Waals surface area contributed by atoms with E-state index in [-0.39, 0.29) is 5.41 Å². The van der Waals surface area contributed by atoms with Crippen LogP contribution in [0.2, 0.25) is 0 Å². The third-order valence-corrected chi connectivity index (χ3v) is 11.6. The van der Waals surface area contributed by atoms with Gasteiger partial charge in [-0.05, 0) is 98.1 Å². The maximum atomic E-state index is 6.24. The molecule has 1 aliphatic rings. The van der Waals surface area contributed by atoms with E-state index in [1.54, 1.807) is 0 Å². The number of benzene rings is 8. The zero-order chi connectivity index (χ0) is 32.4. The average Bonchev–Trinajstić information content (AvgIpc) is 3.53. The normalized spacial score (nSPS) is 13.6. The topological polar surface area (TPSA) is 13.1 Å². The van der Waals surface area contributed by atoms with E-state index < -0.39 is 0 Å². The fourth-order valence-electron chi connectivity index (χ4n) is 8.33. The third kappa shape index (κ3) is 4.63. The van der Waals surface area contributed by atoms with E-state index >= 15 is 0 Å². The summed E-state index contributed by atoms with van der Waals surface area (Å²) in [6.45, 7) is 0. The second-order valence-corrected chi connectivity index (χ2v) is 14.4. The van der Waals surface area contributed by atoms with Crippen LogP contribution in [0.15, 0.2) is 184 Å². The number of rotatable bonds is 5. The SMILES string of the molecule is c1ccc(CC2(Cc3ccc(-c4ccc5c(c4)oc4ccccc45)cc3)c3c(ccc4ccccc34)Sc3ccc4ccccc4c32)cc1. The lowest BCUT2D eigenvalue weighted by atomic mass is 9.64. The van der Waals surface area contributed by atoms with Crippen molar-refractivity contribution >= 4 is 55.2 Å². The molecular formula is C47H32OS. The summed E-state index contributed by atoms with van der Waals surface area (Å²) in [6.07, 6.45) is 1.79. The van der Waals surface area contributed by atoms with E-state index in [4.69, 9.17) is 4.42 Å². The van der Waals surface area contributed by atoms with Crippen LogP contribution < -0.4 is 0 Å². The number of fused-ring (bicyclic) bond motifs is 9. The molecule has 0 aliphatic carbocycles. The van der Waals surface area contributed by atoms with Crippen LogP contribution >= 0.6 is 11.8 Å². The minimum absolute atomic E-state index is 0.298. The Morgan fingerprint density at radius 1 is 0.408 bits per heavy atom. The summed E-state index contributed by atoms with van der Waals surface area (Å²) >= 11 is 1.93. The van der Waals surface area contributed by atoms with Crippen molar-refractivity contribution in [1.29, 1.82) is 0 Å². The van der Waals surface area contributed by atoms with Gasteiger partial charge in [-0.3, -0.25) is 0 Å². The van der Waals surface area contributed by atoms with Gasteiger partial charge in [-0.15, -0.1) is 0 Å². The molecule has 1 aromatic heterocycles. The Kier molecular flexibility index (Phi) is 6.54. The standard InChI is InChI=1S/C47H32OS/c1-2-10-31(11-3-1)29-47(30-32-18-20-33(21-19-32)36-22-25-40-39-16-8-9-17-41(39)48-42(40)28-36)45-37-14-6-4-12-34(37)23-26-43(45)49-44-27-24-35-13-5-7-15-38(35)46(44)47/h1-28H,29-30H2. The zero-order valence-electron chi connectivity index (χ0n) is 26.9. The quantitative estimate of drug-likeness (QED) is 0.185. The van der Waals surface area contributed by atoms with Crippen molar-refractivity contribution in [2.75, 3.05) is 0 Å². The van der Waals surface area contributed by atoms with Gasteiger partial charge in [-0.2, -0.15) is 0 Å². The van der Waals surface area contributed by atoms with Gasteiger partial charge in [0.15, 0.2) is 0 Å². The van der Waals surface area contributed by atoms with Gasteiger partial charge >= 0.3 is 0 Å². The lowest BCUT2D eigenvalue weighted by molar-refractivity contribution is 0.494. The summed E-state index contributed by atoms with van der Waals surface area (Å²) in [5, 5.41) is 7.59. The molecular weight excluding hydrogens is 613 g/mol. The van der Waals surface area contributed by atoms with Crippen molar-refractivity contribution < 1.29 is 4.42 Å². The molecule has 2 heteroatoms. The second kappa shape index (κ2) is 11.3. The predicted octanol–water partition coefficient (Wildman–Crippen LogP) is 12.8. The van der Waals surface area contributed by atoms with E-state index in [1.807, 2.05) is 23.9 Å². The molecule has 0 bridgehead atoms. The zero-order valence-corrected chi connectivity index (χ0v) is 27.7. The van der Waals surface area contributed by atoms with Crippen LogP contribution in [0.1, 0.15) is 22.3 Å². The summed E-state index contributed by atoms with van der Waals surface area (Å²) in [7, 11) is 0. The van der Waals surface area contributed by atoms with Gasteiger partial charge in [0.2, 0.25) is 0 Å². The van der Waals surface area contributed by atoms with Gasteiger partial charge in [0.25, 0.3) is 0 Å². The van der Waals surface area contributed by atoms with Gasteiger partial charge in [-0.25, -0.2) is 0 Å². The maximum Gasteiger partial charge on any atom is 0.136 e. The first-order valence-electron chi connectivity index (χ1n) is 17.0. The highest BCUT2D eigenvalue weighted by atomic mass is 32.2. The van der Waals surface area contributed by atoms with Crippen LogP contribution in [0, 0.1) is 0 Å². The minimum Gasteiger partial charge on any atom is -0.456 e. The molecule has 0 amide bonds. The van der Waals surface area contributed by atoms with Gasteiger partial charge in [0, 0.05) is 26.0 Å². The Morgan fingerprint density at radius 3 is 1.61 bits per heavy atom. The molecule has 0 unspecified atom stereocenters. The molecule has 9 aromatic rings. The molecule has 232 valence electrons. The highest BCUT2D eigenvalue weighted by Gasteiger charge is 2.43. The molecule has 8 aromatic carbocycles. The molecule has 0 saturated carbocycles. The van der Waals surface area contributed by atoms with Crippen molar-refractivity contribution in [3.05, 3.63) is 192 Å². The number of para-hydroxylation sites is 1. The summed E-state index contributed by atoms with van der Waals surface area (Å²) in [4.78, 5) is 2.71. The summed E-state index contributed by atoms with van der Waals surface area (Å²) < 4.78 is 6.24. The van der Waals surface area contributed by atoms with Crippen LogP contribution in [0.25, 0.3) is 54.6 Å². The summed E-state index contributed by atoms with van der Waals surface area (Å²) in [5.74, 6) is 0. The molecule has 0 fully saturated rings. The molecule has 0 spiro atoms. The minimum atomic E-state index is -0.298. The molecule has 0 saturated heterocycles. The molecule has 1 nitrogen and oxygen atoms in total. The van der Waals surface area contributed by atoms with Crippen molar-refractivity contribution in [1.82, 2.24) is 0 Å². The first kappa shape index (κ1) is 28.4. The molecule has 0 atom stereocenters. The van der Waals surface area contributed by atoms with E-state index in [9.17, 15) is 0 Å². The summed E-state index contributed by atoms with van der Waals surface area (Å²) in [6, 6.07) is 62.5. The Labute approximate surface area is 289 Å². The number of furan rings is 1. The average molecular weight is 645 g/mol. The van der Waals surface area contributed by atoms with E-state index in [0.29, 0.717) is 0 Å². The molecule has 1 aliphatic heterocycles. The van der Waals surface area contributed by atoms with Crippen LogP contribution in [-0.2, 0) is 18.3 Å². The van der Waals surface area contributed by atoms with E-state index in [2.05, 4.69) is 158 Å². The van der Waals surface area contributed by atoms with Gasteiger partial charge < -0.3 is 4.42 Å². The first-order valence-corrected chi connectivity index (χ1v) is 17.8. The molecule has 49 heavy (non-hydrogen) atoms. The van der Waals surface area contributed by atoms with Crippen LogP contribution in [0.5, 0.6) is 0 Å². The maximum absolute atomic E-state index is 6.24. The fourth-order valence-corrected chi connectivity index (χ4v) is 9.66. The van der Waals surface area contributed by atoms with E-state index in [0.717, 1.165) is 34.8 Å². The number of hydrogen-bond donors (Lipinski definition) is 0. The first-order chi connectivity index (χ1) is 24.2. The van der Waals surface area contributed by atoms with Crippen molar-refractivity contribution in [3.8, 4) is 11.1 Å². The molecule has 2 heterocycles. The van der Waals surface area contributed by atoms with E-state index in [1.165, 1.54) is 64.7 Å². The highest BCUT2D eigenvalue weighted by Crippen LogP contribution is 2.56. The van der Waals surface area contributed by atoms with Gasteiger partial charge in [0.05, 0.1) is 0 Å². The van der Waals surface area contributed by atoms with Crippen molar-refractivity contribution in [2.45, 2.75) is 28.0 Å². The van der Waals surface area contributed by atoms with Gasteiger partial charge in [0.1, 0.15) is 11.2 Å². The van der Waals surface area contributed by atoms with Crippen molar-refractivity contribution in [2.24, 2.45) is 0 Å². The summed E-state index contributed by atoms with van der Waals surface area (Å²) in [5.41, 5.74) is 9.49. The smallest absolute Gasteiger partial charge is 0.136 e. The Balaban J connectivity index is 1.17. The molecule has 0 N–H and O–H groups in total. The van der Waals surface area contributed by atoms with Crippen LogP contribution in [-0.4, -0.2) is 0 Å².